The van der Waals surface area contributed by atoms with Crippen LogP contribution < -0.4 is 434 Å². The van der Waals surface area contributed by atoms with Gasteiger partial charge >= 0.3 is 559 Å². The van der Waals surface area contributed by atoms with Crippen LogP contribution >= 0.6 is 0 Å². The van der Waals surface area contributed by atoms with Crippen LogP contribution in [0.25, 0.3) is 0 Å². The number of hydrogen-bond donors (Lipinski definition) is 16. The Morgan fingerprint density at radius 2 is 0.390 bits per heavy atom. The molecule has 136 heavy (non-hydrogen) atoms. The van der Waals surface area contributed by atoms with Gasteiger partial charge in [-0.15, -0.1) is 0 Å². The van der Waals surface area contributed by atoms with Crippen molar-refractivity contribution in [3.8, 4) is 11.5 Å². The SMILES string of the molecule is O=C(CCC(=O)Nc1ccc(O[C@@H]2O[C@H](COS(=O)(=O)O)[C@@H](O[C@@H]3O[C@H](COS(=O)(=O)O)[C@@H](OS(=O)(=O)O)[C@H](OS(=O)(=O)O)[C@H]3OS(=O)(=O)O)[C@H](OS(=O)(=O)O)[C@H]2OS(=O)(=O)O)cc1)Nc1ccc(O[C@@H]2O[C@H](COS(=O)(=O)O)[C@@H](O[C@@H]3O[C@H](COS(=O)(=O)O)[C@@H](OS(=O)(=O)O)[C@H](OS(=O)(=O)O)[C@H]3OS(=O)(=O)O)[C@H](OS(=O)(=O)O)[C@H]2OS(=O)(=O)O)cc1.[Na+].[Na+].[Na+].[Na+].[Na+].[Na+].[Na+].[Na+].[Na+].[Na+].[Na+].[Na+].[Na+].[Na+]. The summed E-state index contributed by atoms with van der Waals surface area (Å²) in [5.74, 6) is -3.63. The molecule has 0 aliphatic carbocycles. The van der Waals surface area contributed by atoms with Crippen LogP contribution in [0.1, 0.15) is 12.8 Å². The van der Waals surface area contributed by atoms with E-state index in [4.69, 9.17) is 37.9 Å². The summed E-state index contributed by atoms with van der Waals surface area (Å²) in [4.78, 5) is 26.3. The summed E-state index contributed by atoms with van der Waals surface area (Å²) in [6.07, 6.45) is -65.5. The summed E-state index contributed by atoms with van der Waals surface area (Å²) in [6, 6.07) is 6.48. The molecule has 96 heteroatoms. The van der Waals surface area contributed by atoms with Crippen molar-refractivity contribution < 1.29 is 701 Å². The van der Waals surface area contributed by atoms with E-state index < -0.39 is 331 Å². The van der Waals surface area contributed by atoms with Crippen LogP contribution in [0.4, 0.5) is 11.4 Å². The molecule has 2 amide bonds. The molecule has 0 bridgehead atoms. The molecule has 4 saturated heterocycles. The van der Waals surface area contributed by atoms with Crippen LogP contribution in [0, 0.1) is 0 Å². The zero-order valence-electron chi connectivity index (χ0n) is 71.6. The van der Waals surface area contributed by atoms with Crippen LogP contribution in [-0.4, -0.2) is 343 Å². The minimum absolute atomic E-state index is 0. The number of hydrogen-bond acceptors (Lipinski definition) is 52. The van der Waals surface area contributed by atoms with E-state index in [0.29, 0.717) is 0 Å². The van der Waals surface area contributed by atoms with E-state index in [2.05, 4.69) is 69.2 Å². The van der Waals surface area contributed by atoms with Crippen molar-refractivity contribution in [3.05, 3.63) is 48.5 Å². The van der Waals surface area contributed by atoms with Gasteiger partial charge in [0.2, 0.25) is 24.4 Å². The summed E-state index contributed by atoms with van der Waals surface area (Å²) < 4.78 is 577. The topological polar surface area (TPSA) is 1020 Å². The van der Waals surface area contributed by atoms with Crippen molar-refractivity contribution in [2.75, 3.05) is 37.1 Å². The van der Waals surface area contributed by atoms with Crippen LogP contribution in [0.3, 0.4) is 0 Å². The molecule has 0 spiro atoms. The van der Waals surface area contributed by atoms with Gasteiger partial charge in [-0.2, -0.15) is 118 Å². The summed E-state index contributed by atoms with van der Waals surface area (Å²) in [5.41, 5.74) is -0.619. The van der Waals surface area contributed by atoms with E-state index in [1.165, 1.54) is 0 Å². The number of carbonyl (C=O) groups excluding carboxylic acids is 2. The van der Waals surface area contributed by atoms with Gasteiger partial charge < -0.3 is 48.5 Å². The van der Waals surface area contributed by atoms with Gasteiger partial charge in [0.15, 0.2) is 37.0 Å². The number of anilines is 2. The van der Waals surface area contributed by atoms with Crippen molar-refractivity contribution in [2.24, 2.45) is 0 Å². The van der Waals surface area contributed by atoms with E-state index in [-0.39, 0.29) is 425 Å². The van der Waals surface area contributed by atoms with E-state index in [1.54, 1.807) is 0 Å². The third kappa shape index (κ3) is 64.1. The molecule has 706 valence electrons. The van der Waals surface area contributed by atoms with Gasteiger partial charge in [0.05, 0.1) is 26.4 Å². The van der Waals surface area contributed by atoms with Gasteiger partial charge in [0.1, 0.15) is 84.7 Å². The first-order valence-electron chi connectivity index (χ1n) is 30.0. The molecule has 2 aromatic carbocycles. The van der Waals surface area contributed by atoms with Gasteiger partial charge in [0, 0.05) is 24.2 Å². The first-order chi connectivity index (χ1) is 54.9. The fraction of sp³-hybridized carbons (Fsp3) is 0.650. The van der Waals surface area contributed by atoms with Crippen LogP contribution in [0.5, 0.6) is 11.5 Å². The first kappa shape index (κ1) is 162. The number of amides is 2. The zero-order chi connectivity index (χ0) is 92.9. The molecule has 16 N–H and O–H groups in total. The Balaban J connectivity index is -0.00000165. The standard InChI is InChI=1S/C40H56N2O66S14.14Na/c43-23(41-15-1-5-17(6-2-15)91-37-33(105-119(75,76)77)29(101-115(63,64)65)25(19(93-37)11-87-109(45,46)47)97-39-35(107-121(81,82)83)31(103-117(69,70)71)27(99-113(57,58)59)21(95-39)13-89-111(51,52)53)9-10-24(44)42-16-3-7-18(8-4-16)92-38-34(106-120(78,79)80)30(102-116(66,67)68)26(20(94-38)12-88-110(48,49)50)98-40-36(108-122(84,85)86)32(104-118(72,73)74)28(100-114(60,61)62)22(96-40)14-90-112(54,55)56;;;;;;;;;;;;;;/h1-8,19-22,25-40H,9-14H2,(H,41,43)(H,42,44)(H,45,46,47)(H,48,49,50)(H,51,52,53)(H,54,55,56)(H,57,58,59)(H,60,61,62)(H,63,64,65)(H,66,67,68)(H,69,70,71)(H,72,73,74)(H,75,76,77)(H,78,79,80)(H,81,82,83)(H,84,85,86);;;;;;;;;;;;;;/q;14*+1/t19-,20-,21-,22-,25-,26-,27-,28-,29+,30+,31+,32+,33-,34-,35-,36-,37-,38-,39+,40+;;;;;;;;;;;;;;/m1............../s1. The summed E-state index contributed by atoms with van der Waals surface area (Å²) in [5, 5.41) is 4.45. The van der Waals surface area contributed by atoms with E-state index >= 15 is 0 Å². The second kappa shape index (κ2) is 67.4. The number of nitrogens with one attached hydrogen (secondary N) is 2. The number of ether oxygens (including phenoxy) is 8. The quantitative estimate of drug-likeness (QED) is 0.0216. The molecule has 0 aromatic heterocycles. The largest absolute Gasteiger partial charge is 1.00 e. The monoisotopic (exact) mass is 2390 g/mol. The predicted octanol–water partition coefficient (Wildman–Crippen LogP) is -51.3. The fourth-order valence-electron chi connectivity index (χ4n) is 10.4. The minimum Gasteiger partial charge on any atom is -0.462 e. The van der Waals surface area contributed by atoms with Gasteiger partial charge in [-0.25, -0.2) is 58.6 Å². The van der Waals surface area contributed by atoms with Gasteiger partial charge in [-0.05, 0) is 48.5 Å². The predicted molar refractivity (Wildman–Crippen MR) is 359 cm³/mol. The maximum atomic E-state index is 13.2. The van der Waals surface area contributed by atoms with Gasteiger partial charge in [0.25, 0.3) is 0 Å². The summed E-state index contributed by atoms with van der Waals surface area (Å²) >= 11 is 0. The number of benzene rings is 2. The first-order valence-corrected chi connectivity index (χ1v) is 49.1. The Morgan fingerprint density at radius 1 is 0.228 bits per heavy atom. The Kier molecular flexibility index (Phi) is 80.5. The van der Waals surface area contributed by atoms with E-state index in [1.807, 2.05) is 0 Å². The Labute approximate surface area is 1080 Å². The average Bonchev–Trinajstić information content (AvgIpc) is 0.755. The summed E-state index contributed by atoms with van der Waals surface area (Å²) in [7, 11) is -86.0. The molecule has 0 radical (unpaired) electrons. The number of carbonyl (C=O) groups is 2. The second-order valence-electron chi connectivity index (χ2n) is 23.0. The molecule has 68 nitrogen and oxygen atoms in total. The molecule has 2 aromatic rings. The molecule has 6 rings (SSSR count). The molecule has 0 saturated carbocycles. The van der Waals surface area contributed by atoms with Crippen LogP contribution in [0.15, 0.2) is 48.5 Å². The van der Waals surface area contributed by atoms with Crippen LogP contribution in [-0.2, 0) is 242 Å². The fourth-order valence-corrected chi connectivity index (χ4v) is 16.5. The van der Waals surface area contributed by atoms with Crippen molar-refractivity contribution in [2.45, 2.75) is 136 Å². The van der Waals surface area contributed by atoms with E-state index in [0.717, 1.165) is 48.5 Å². The van der Waals surface area contributed by atoms with E-state index in [9.17, 15) is 191 Å². The minimum atomic E-state index is -6.32. The normalized spacial score (nSPS) is 25.7. The Hall–Kier alpha value is 8.92. The summed E-state index contributed by atoms with van der Waals surface area (Å²) in [6.45, 7) is -7.86. The second-order valence-corrected chi connectivity index (χ2v) is 37.8. The van der Waals surface area contributed by atoms with Crippen LogP contribution in [0.2, 0.25) is 0 Å². The van der Waals surface area contributed by atoms with Gasteiger partial charge in [-0.1, -0.05) is 0 Å². The molecule has 0 unspecified atom stereocenters. The van der Waals surface area contributed by atoms with Crippen molar-refractivity contribution in [1.29, 1.82) is 0 Å². The molecule has 4 heterocycles. The Bertz CT molecular complexity index is 5470. The van der Waals surface area contributed by atoms with Crippen molar-refractivity contribution in [3.63, 3.8) is 0 Å². The van der Waals surface area contributed by atoms with Crippen molar-refractivity contribution in [1.82, 2.24) is 0 Å². The van der Waals surface area contributed by atoms with Gasteiger partial charge in [-0.3, -0.25) is 73.3 Å². The maximum Gasteiger partial charge on any atom is 1.00 e. The molecule has 20 atom stereocenters. The molecule has 4 fully saturated rings. The maximum absolute atomic E-state index is 13.2. The molecule has 4 aliphatic rings. The molecule has 4 aliphatic heterocycles. The number of rotatable bonds is 45. The van der Waals surface area contributed by atoms with Crippen molar-refractivity contribution >= 4 is 169 Å². The zero-order valence-corrected chi connectivity index (χ0v) is 111. The third-order valence-electron chi connectivity index (χ3n) is 14.2. The third-order valence-corrected chi connectivity index (χ3v) is 20.5. The molecular formula is C40H56N2Na14O66S14+14. The smallest absolute Gasteiger partial charge is 0.462 e. The Morgan fingerprint density at radius 3 is 0.581 bits per heavy atom. The average molecular weight is 2390 g/mol. The molecular weight excluding hydrogens is 2340 g/mol.